The summed E-state index contributed by atoms with van der Waals surface area (Å²) in [6.07, 6.45) is 4.74. The van der Waals surface area contributed by atoms with Gasteiger partial charge < -0.3 is 9.47 Å². The lowest BCUT2D eigenvalue weighted by atomic mass is 10.2. The summed E-state index contributed by atoms with van der Waals surface area (Å²) in [4.78, 5) is 19.1. The normalized spacial score (nSPS) is 16.8. The van der Waals surface area contributed by atoms with E-state index in [1.807, 2.05) is 31.7 Å². The van der Waals surface area contributed by atoms with Crippen LogP contribution in [0.15, 0.2) is 23.1 Å². The number of hydrogen-bond donors (Lipinski definition) is 0. The molecular formula is C21H32N4O3S. The van der Waals surface area contributed by atoms with Gasteiger partial charge >= 0.3 is 0 Å². The van der Waals surface area contributed by atoms with Gasteiger partial charge in [-0.1, -0.05) is 13.3 Å². The Morgan fingerprint density at radius 3 is 2.59 bits per heavy atom. The van der Waals surface area contributed by atoms with Gasteiger partial charge in [-0.25, -0.2) is 13.4 Å². The number of benzene rings is 1. The van der Waals surface area contributed by atoms with E-state index >= 15 is 0 Å². The average Bonchev–Trinajstić information content (AvgIpc) is 3.06. The molecule has 0 aliphatic carbocycles. The van der Waals surface area contributed by atoms with E-state index in [9.17, 15) is 13.2 Å². The Hall–Kier alpha value is -1.93. The first-order valence-electron chi connectivity index (χ1n) is 10.5. The number of piperidine rings is 1. The third kappa shape index (κ3) is 4.48. The van der Waals surface area contributed by atoms with Crippen molar-refractivity contribution in [3.8, 4) is 0 Å². The van der Waals surface area contributed by atoms with Crippen LogP contribution in [0.3, 0.4) is 0 Å². The fraction of sp³-hybridized carbons (Fsp3) is 0.619. The Balaban J connectivity index is 1.80. The van der Waals surface area contributed by atoms with Gasteiger partial charge in [0.1, 0.15) is 5.82 Å². The monoisotopic (exact) mass is 420 g/mol. The molecule has 8 heteroatoms. The molecule has 1 saturated heterocycles. The van der Waals surface area contributed by atoms with Gasteiger partial charge in [0, 0.05) is 46.1 Å². The van der Waals surface area contributed by atoms with Crippen LogP contribution < -0.4 is 0 Å². The molecule has 2 aromatic rings. The lowest BCUT2D eigenvalue weighted by Crippen LogP contribution is -2.35. The molecule has 7 nitrogen and oxygen atoms in total. The van der Waals surface area contributed by atoms with Gasteiger partial charge in [-0.05, 0) is 44.4 Å². The molecule has 1 amide bonds. The first-order valence-corrected chi connectivity index (χ1v) is 11.9. The molecule has 29 heavy (non-hydrogen) atoms. The summed E-state index contributed by atoms with van der Waals surface area (Å²) >= 11 is 0. The number of imidazole rings is 1. The van der Waals surface area contributed by atoms with E-state index in [4.69, 9.17) is 0 Å². The average molecular weight is 421 g/mol. The third-order valence-corrected chi connectivity index (χ3v) is 8.00. The fourth-order valence-electron chi connectivity index (χ4n) is 3.78. The predicted octanol–water partition coefficient (Wildman–Crippen LogP) is 2.94. The number of carbonyl (C=O) groups excluding carboxylic acids is 1. The van der Waals surface area contributed by atoms with Crippen molar-refractivity contribution in [1.29, 1.82) is 0 Å². The largest absolute Gasteiger partial charge is 0.343 e. The summed E-state index contributed by atoms with van der Waals surface area (Å²) in [6, 6.07) is 5.36. The Bertz CT molecular complexity index is 977. The van der Waals surface area contributed by atoms with Crippen LogP contribution in [-0.4, -0.2) is 59.3 Å². The maximum Gasteiger partial charge on any atom is 0.243 e. The standard InChI is InChI=1S/C21H32N4O3S/c1-5-16(2)23(3)21(26)12-11-20-22-18-15-17(9-10-19(18)24(20)4)29(27,28)25-13-7-6-8-14-25/h9-10,15-16H,5-8,11-14H2,1-4H3/t16-/m1/s1. The zero-order chi connectivity index (χ0) is 21.2. The van der Waals surface area contributed by atoms with Crippen LogP contribution in [0.2, 0.25) is 0 Å². The van der Waals surface area contributed by atoms with Crippen LogP contribution in [0.25, 0.3) is 11.0 Å². The quantitative estimate of drug-likeness (QED) is 0.690. The van der Waals surface area contributed by atoms with E-state index in [-0.39, 0.29) is 11.9 Å². The van der Waals surface area contributed by atoms with Crippen molar-refractivity contribution in [3.63, 3.8) is 0 Å². The number of sulfonamides is 1. The van der Waals surface area contributed by atoms with E-state index in [1.165, 1.54) is 0 Å². The van der Waals surface area contributed by atoms with Gasteiger partial charge in [-0.2, -0.15) is 4.31 Å². The first kappa shape index (κ1) is 21.8. The second-order valence-electron chi connectivity index (χ2n) is 7.96. The third-order valence-electron chi connectivity index (χ3n) is 6.11. The predicted molar refractivity (Wildman–Crippen MR) is 114 cm³/mol. The zero-order valence-electron chi connectivity index (χ0n) is 17.9. The number of nitrogens with zero attached hydrogens (tertiary/aromatic N) is 4. The van der Waals surface area contributed by atoms with Crippen LogP contribution in [0.1, 0.15) is 51.8 Å². The minimum absolute atomic E-state index is 0.0970. The van der Waals surface area contributed by atoms with Gasteiger partial charge in [0.2, 0.25) is 15.9 Å². The van der Waals surface area contributed by atoms with Gasteiger partial charge in [0.25, 0.3) is 0 Å². The highest BCUT2D eigenvalue weighted by atomic mass is 32.2. The summed E-state index contributed by atoms with van der Waals surface area (Å²) in [5.74, 6) is 0.887. The molecule has 0 radical (unpaired) electrons. The van der Waals surface area contributed by atoms with Gasteiger partial charge in [0.05, 0.1) is 15.9 Å². The number of hydrogen-bond acceptors (Lipinski definition) is 4. The van der Waals surface area contributed by atoms with Crippen LogP contribution in [0, 0.1) is 0 Å². The van der Waals surface area contributed by atoms with E-state index in [0.29, 0.717) is 36.3 Å². The molecule has 2 heterocycles. The van der Waals surface area contributed by atoms with E-state index in [1.54, 1.807) is 21.3 Å². The Kier molecular flexibility index (Phi) is 6.63. The number of amides is 1. The minimum Gasteiger partial charge on any atom is -0.343 e. The number of fused-ring (bicyclic) bond motifs is 1. The maximum absolute atomic E-state index is 12.9. The Labute approximate surface area is 173 Å². The fourth-order valence-corrected chi connectivity index (χ4v) is 5.32. The molecule has 1 aromatic heterocycles. The topological polar surface area (TPSA) is 75.5 Å². The van der Waals surface area contributed by atoms with E-state index in [2.05, 4.69) is 11.9 Å². The molecular weight excluding hydrogens is 388 g/mol. The summed E-state index contributed by atoms with van der Waals surface area (Å²) in [6.45, 7) is 5.27. The maximum atomic E-state index is 12.9. The Morgan fingerprint density at radius 2 is 1.93 bits per heavy atom. The number of aromatic nitrogens is 2. The highest BCUT2D eigenvalue weighted by molar-refractivity contribution is 7.89. The molecule has 160 valence electrons. The molecule has 0 unspecified atom stereocenters. The van der Waals surface area contributed by atoms with Crippen molar-refractivity contribution in [2.45, 2.75) is 63.3 Å². The van der Waals surface area contributed by atoms with Gasteiger partial charge in [-0.15, -0.1) is 0 Å². The second-order valence-corrected chi connectivity index (χ2v) is 9.90. The highest BCUT2D eigenvalue weighted by Crippen LogP contribution is 2.25. The van der Waals surface area contributed by atoms with Crippen LogP contribution in [0.4, 0.5) is 0 Å². The molecule has 0 bridgehead atoms. The van der Waals surface area contributed by atoms with Gasteiger partial charge in [0.15, 0.2) is 0 Å². The van der Waals surface area contributed by atoms with Crippen LogP contribution >= 0.6 is 0 Å². The molecule has 1 aliphatic heterocycles. The number of aryl methyl sites for hydroxylation is 2. The number of carbonyl (C=O) groups is 1. The summed E-state index contributed by atoms with van der Waals surface area (Å²) in [5, 5.41) is 0. The van der Waals surface area contributed by atoms with Crippen molar-refractivity contribution in [2.75, 3.05) is 20.1 Å². The molecule has 1 aliphatic rings. The summed E-state index contributed by atoms with van der Waals surface area (Å²) in [5.41, 5.74) is 1.53. The second kappa shape index (κ2) is 8.83. The molecule has 0 spiro atoms. The van der Waals surface area contributed by atoms with Crippen molar-refractivity contribution < 1.29 is 13.2 Å². The summed E-state index contributed by atoms with van der Waals surface area (Å²) in [7, 11) is 0.262. The van der Waals surface area contributed by atoms with Crippen molar-refractivity contribution in [1.82, 2.24) is 18.8 Å². The van der Waals surface area contributed by atoms with E-state index in [0.717, 1.165) is 37.0 Å². The van der Waals surface area contributed by atoms with Crippen molar-refractivity contribution in [2.24, 2.45) is 7.05 Å². The summed E-state index contributed by atoms with van der Waals surface area (Å²) < 4.78 is 29.4. The molecule has 1 fully saturated rings. The van der Waals surface area contributed by atoms with E-state index < -0.39 is 10.0 Å². The molecule has 1 atom stereocenters. The highest BCUT2D eigenvalue weighted by Gasteiger charge is 2.26. The molecule has 0 saturated carbocycles. The van der Waals surface area contributed by atoms with Crippen molar-refractivity contribution in [3.05, 3.63) is 24.0 Å². The zero-order valence-corrected chi connectivity index (χ0v) is 18.7. The lowest BCUT2D eigenvalue weighted by Gasteiger charge is -2.25. The molecule has 0 N–H and O–H groups in total. The van der Waals surface area contributed by atoms with Crippen molar-refractivity contribution >= 4 is 27.0 Å². The SMILES string of the molecule is CC[C@@H](C)N(C)C(=O)CCc1nc2cc(S(=O)(=O)N3CCCCC3)ccc2n1C. The minimum atomic E-state index is -3.48. The first-order chi connectivity index (χ1) is 13.8. The molecule has 1 aromatic carbocycles. The number of rotatable bonds is 7. The molecule has 3 rings (SSSR count). The van der Waals surface area contributed by atoms with Crippen LogP contribution in [0.5, 0.6) is 0 Å². The van der Waals surface area contributed by atoms with Gasteiger partial charge in [-0.3, -0.25) is 4.79 Å². The smallest absolute Gasteiger partial charge is 0.243 e. The Morgan fingerprint density at radius 1 is 1.24 bits per heavy atom. The lowest BCUT2D eigenvalue weighted by molar-refractivity contribution is -0.131. The van der Waals surface area contributed by atoms with Crippen LogP contribution in [-0.2, 0) is 28.3 Å².